The van der Waals surface area contributed by atoms with Crippen molar-refractivity contribution in [2.24, 2.45) is 22.7 Å². The van der Waals surface area contributed by atoms with Crippen molar-refractivity contribution >= 4 is 5.57 Å². The van der Waals surface area contributed by atoms with E-state index in [1.165, 1.54) is 24.0 Å². The first-order valence-electron chi connectivity index (χ1n) is 10.7. The van der Waals surface area contributed by atoms with Crippen molar-refractivity contribution in [1.82, 2.24) is 4.98 Å². The van der Waals surface area contributed by atoms with Crippen LogP contribution in [-0.2, 0) is 4.74 Å². The molecule has 2 unspecified atom stereocenters. The monoisotopic (exact) mass is 363 g/mol. The summed E-state index contributed by atoms with van der Waals surface area (Å²) in [6, 6.07) is 4.25. The lowest BCUT2D eigenvalue weighted by Gasteiger charge is -2.57. The number of pyridine rings is 1. The lowest BCUT2D eigenvalue weighted by atomic mass is 9.46. The number of epoxide rings is 1. The van der Waals surface area contributed by atoms with Gasteiger partial charge in [0.15, 0.2) is 0 Å². The molecular weight excluding hydrogens is 334 g/mol. The Morgan fingerprint density at radius 1 is 1.19 bits per heavy atom. The minimum atomic E-state index is -0.168. The maximum atomic E-state index is 10.3. The van der Waals surface area contributed by atoms with E-state index in [-0.39, 0.29) is 22.5 Å². The third kappa shape index (κ3) is 1.92. The quantitative estimate of drug-likeness (QED) is 0.746. The molecule has 4 aliphatic carbocycles. The maximum absolute atomic E-state index is 10.3. The molecule has 1 spiro atoms. The highest BCUT2D eigenvalue weighted by molar-refractivity contribution is 5.78. The molecule has 1 N–H and O–H groups in total. The smallest absolute Gasteiger partial charge is 0.103 e. The van der Waals surface area contributed by atoms with E-state index in [0.29, 0.717) is 17.9 Å². The van der Waals surface area contributed by atoms with Crippen LogP contribution in [0.2, 0.25) is 0 Å². The van der Waals surface area contributed by atoms with E-state index in [4.69, 9.17) is 4.74 Å². The molecule has 0 bridgehead atoms. The zero-order valence-corrected chi connectivity index (χ0v) is 16.3. The fraction of sp³-hybridized carbons (Fsp3) is 0.625. The van der Waals surface area contributed by atoms with E-state index >= 15 is 0 Å². The van der Waals surface area contributed by atoms with Crippen LogP contribution in [-0.4, -0.2) is 27.9 Å². The largest absolute Gasteiger partial charge is 0.393 e. The van der Waals surface area contributed by atoms with Gasteiger partial charge in [-0.1, -0.05) is 37.6 Å². The standard InChI is InChI=1S/C24H29NO2/c1-22-9-8-20-17(19(22)6-5-18(22)15-4-3-11-25-14-15)12-21-24(27-21)13-16(26)7-10-23(20,24)2/h3-6,11,14,16-17,20-21,26H,7-10,12-13H2,1-2H3/t16-,17-,20-,21?,22+,23+,24?/m0/s1. The predicted molar refractivity (Wildman–Crippen MR) is 105 cm³/mol. The summed E-state index contributed by atoms with van der Waals surface area (Å²) in [5, 5.41) is 10.3. The third-order valence-electron chi connectivity index (χ3n) is 9.08. The molecule has 0 amide bonds. The summed E-state index contributed by atoms with van der Waals surface area (Å²) >= 11 is 0. The topological polar surface area (TPSA) is 45.6 Å². The molecule has 142 valence electrons. The number of aliphatic hydroxyl groups is 1. The van der Waals surface area contributed by atoms with Crippen LogP contribution in [0.3, 0.4) is 0 Å². The van der Waals surface area contributed by atoms with Gasteiger partial charge in [0.2, 0.25) is 0 Å². The lowest BCUT2D eigenvalue weighted by Crippen LogP contribution is -2.56. The van der Waals surface area contributed by atoms with Crippen molar-refractivity contribution in [3.8, 4) is 0 Å². The highest BCUT2D eigenvalue weighted by Gasteiger charge is 2.75. The van der Waals surface area contributed by atoms with Gasteiger partial charge in [-0.15, -0.1) is 0 Å². The highest BCUT2D eigenvalue weighted by atomic mass is 16.6. The Hall–Kier alpha value is -1.45. The molecule has 3 saturated carbocycles. The first kappa shape index (κ1) is 16.5. The Bertz CT molecular complexity index is 860. The predicted octanol–water partition coefficient (Wildman–Crippen LogP) is 4.53. The van der Waals surface area contributed by atoms with Gasteiger partial charge in [-0.3, -0.25) is 4.98 Å². The molecule has 1 aromatic heterocycles. The van der Waals surface area contributed by atoms with Crippen LogP contribution < -0.4 is 0 Å². The van der Waals surface area contributed by atoms with E-state index < -0.39 is 0 Å². The number of allylic oxidation sites excluding steroid dienone is 4. The summed E-state index contributed by atoms with van der Waals surface area (Å²) < 4.78 is 6.41. The van der Waals surface area contributed by atoms with E-state index in [9.17, 15) is 5.11 Å². The fourth-order valence-corrected chi connectivity index (χ4v) is 7.59. The van der Waals surface area contributed by atoms with Crippen LogP contribution in [0.25, 0.3) is 5.57 Å². The number of hydrogen-bond acceptors (Lipinski definition) is 3. The van der Waals surface area contributed by atoms with E-state index in [1.807, 2.05) is 18.5 Å². The molecule has 3 heteroatoms. The Balaban J connectivity index is 1.36. The first-order chi connectivity index (χ1) is 13.0. The van der Waals surface area contributed by atoms with Crippen molar-refractivity contribution in [2.45, 2.75) is 70.2 Å². The molecule has 4 fully saturated rings. The number of nitrogens with zero attached hydrogens (tertiary/aromatic N) is 1. The Morgan fingerprint density at radius 3 is 2.89 bits per heavy atom. The second-order valence-electron chi connectivity index (χ2n) is 10.1. The molecule has 6 rings (SSSR count). The maximum Gasteiger partial charge on any atom is 0.103 e. The average molecular weight is 364 g/mol. The number of fused-ring (bicyclic) bond motifs is 4. The van der Waals surface area contributed by atoms with Crippen LogP contribution in [0.15, 0.2) is 42.3 Å². The molecule has 0 aromatic carbocycles. The van der Waals surface area contributed by atoms with Crippen LogP contribution in [0.4, 0.5) is 0 Å². The summed E-state index contributed by atoms with van der Waals surface area (Å²) in [7, 11) is 0. The second kappa shape index (κ2) is 5.12. The minimum Gasteiger partial charge on any atom is -0.393 e. The Kier molecular flexibility index (Phi) is 3.13. The van der Waals surface area contributed by atoms with Gasteiger partial charge in [0.25, 0.3) is 0 Å². The van der Waals surface area contributed by atoms with Gasteiger partial charge in [0, 0.05) is 29.6 Å². The minimum absolute atomic E-state index is 0.0294. The molecule has 1 saturated heterocycles. The molecule has 1 aromatic rings. The zero-order valence-electron chi connectivity index (χ0n) is 16.3. The number of rotatable bonds is 1. The number of aliphatic hydroxyl groups excluding tert-OH is 1. The van der Waals surface area contributed by atoms with Crippen molar-refractivity contribution in [3.63, 3.8) is 0 Å². The van der Waals surface area contributed by atoms with Gasteiger partial charge in [-0.05, 0) is 61.1 Å². The van der Waals surface area contributed by atoms with E-state index in [2.05, 4.69) is 37.0 Å². The average Bonchev–Trinajstić information content (AvgIpc) is 3.24. The molecule has 1 aliphatic heterocycles. The number of ether oxygens (including phenoxy) is 1. The molecular formula is C24H29NO2. The summed E-state index contributed by atoms with van der Waals surface area (Å²) in [4.78, 5) is 4.36. The highest BCUT2D eigenvalue weighted by Crippen LogP contribution is 2.73. The van der Waals surface area contributed by atoms with Gasteiger partial charge >= 0.3 is 0 Å². The lowest BCUT2D eigenvalue weighted by molar-refractivity contribution is -0.0709. The summed E-state index contributed by atoms with van der Waals surface area (Å²) in [5.74, 6) is 1.31. The number of hydrogen-bond donors (Lipinski definition) is 1. The van der Waals surface area contributed by atoms with Crippen molar-refractivity contribution < 1.29 is 9.84 Å². The van der Waals surface area contributed by atoms with Crippen molar-refractivity contribution in [2.75, 3.05) is 0 Å². The first-order valence-corrected chi connectivity index (χ1v) is 10.7. The molecule has 0 radical (unpaired) electrons. The van der Waals surface area contributed by atoms with Gasteiger partial charge in [-0.25, -0.2) is 0 Å². The molecule has 7 atom stereocenters. The molecule has 27 heavy (non-hydrogen) atoms. The normalized spacial score (nSPS) is 49.9. The van der Waals surface area contributed by atoms with Gasteiger partial charge in [-0.2, -0.15) is 0 Å². The van der Waals surface area contributed by atoms with Gasteiger partial charge in [0.05, 0.1) is 12.2 Å². The Morgan fingerprint density at radius 2 is 2.07 bits per heavy atom. The molecule has 3 nitrogen and oxygen atoms in total. The van der Waals surface area contributed by atoms with Crippen LogP contribution in [0, 0.1) is 22.7 Å². The van der Waals surface area contributed by atoms with Crippen molar-refractivity contribution in [1.29, 1.82) is 0 Å². The van der Waals surface area contributed by atoms with E-state index in [1.54, 1.807) is 5.57 Å². The van der Waals surface area contributed by atoms with Gasteiger partial charge in [0.1, 0.15) is 5.60 Å². The molecule has 5 aliphatic rings. The summed E-state index contributed by atoms with van der Waals surface area (Å²) in [5.41, 5.74) is 4.68. The van der Waals surface area contributed by atoms with Crippen molar-refractivity contribution in [3.05, 3.63) is 47.8 Å². The third-order valence-corrected chi connectivity index (χ3v) is 9.08. The second-order valence-corrected chi connectivity index (χ2v) is 10.1. The summed E-state index contributed by atoms with van der Waals surface area (Å²) in [6.07, 6.45) is 15.4. The van der Waals surface area contributed by atoms with Crippen LogP contribution >= 0.6 is 0 Å². The molecule has 2 heterocycles. The fourth-order valence-electron chi connectivity index (χ4n) is 7.59. The van der Waals surface area contributed by atoms with Crippen LogP contribution in [0.5, 0.6) is 0 Å². The SMILES string of the molecule is C[C@]12CC[C@H]3[C@@H](CC4OC45C[C@@H](O)CC[C@]35C)C1=CC=C2c1cccnc1. The van der Waals surface area contributed by atoms with E-state index in [0.717, 1.165) is 25.7 Å². The number of aromatic nitrogens is 1. The van der Waals surface area contributed by atoms with Crippen LogP contribution in [0.1, 0.15) is 57.9 Å². The summed E-state index contributed by atoms with van der Waals surface area (Å²) in [6.45, 7) is 4.92. The van der Waals surface area contributed by atoms with Gasteiger partial charge < -0.3 is 9.84 Å². The Labute approximate surface area is 161 Å². The zero-order chi connectivity index (χ0) is 18.4.